The highest BCUT2D eigenvalue weighted by molar-refractivity contribution is 6.30. The number of benzene rings is 1. The first-order chi connectivity index (χ1) is 7.70. The molecule has 0 aliphatic carbocycles. The van der Waals surface area contributed by atoms with Gasteiger partial charge >= 0.3 is 5.56 Å². The lowest BCUT2D eigenvalue weighted by Gasteiger charge is -2.03. The van der Waals surface area contributed by atoms with E-state index in [0.29, 0.717) is 10.7 Å². The van der Waals surface area contributed by atoms with Gasteiger partial charge < -0.3 is 0 Å². The zero-order chi connectivity index (χ0) is 11.5. The van der Waals surface area contributed by atoms with Crippen molar-refractivity contribution in [3.8, 4) is 11.8 Å². The van der Waals surface area contributed by atoms with Gasteiger partial charge in [0.15, 0.2) is 0 Å². The summed E-state index contributed by atoms with van der Waals surface area (Å²) in [7, 11) is 0. The molecule has 0 aliphatic heterocycles. The molecule has 2 aromatic rings. The Kier molecular flexibility index (Phi) is 2.66. The van der Waals surface area contributed by atoms with Crippen LogP contribution < -0.4 is 5.56 Å². The fraction of sp³-hybridized carbons (Fsp3) is 0. The fourth-order valence-corrected chi connectivity index (χ4v) is 1.26. The van der Waals surface area contributed by atoms with Crippen LogP contribution in [-0.2, 0) is 0 Å². The summed E-state index contributed by atoms with van der Waals surface area (Å²) in [6.07, 6.45) is 1.26. The summed E-state index contributed by atoms with van der Waals surface area (Å²) in [5.74, 6) is 0. The third kappa shape index (κ3) is 1.92. The molecular weight excluding hydrogens is 228 g/mol. The number of aromatic nitrogens is 3. The second-order valence-electron chi connectivity index (χ2n) is 2.93. The normalized spacial score (nSPS) is 9.75. The van der Waals surface area contributed by atoms with Crippen molar-refractivity contribution in [3.05, 3.63) is 51.7 Å². The minimum atomic E-state index is -0.632. The van der Waals surface area contributed by atoms with E-state index < -0.39 is 5.56 Å². The molecule has 0 radical (unpaired) electrons. The van der Waals surface area contributed by atoms with Gasteiger partial charge in [-0.15, -0.1) is 5.10 Å². The molecule has 0 spiro atoms. The van der Waals surface area contributed by atoms with Gasteiger partial charge in [-0.1, -0.05) is 11.6 Å². The van der Waals surface area contributed by atoms with Crippen LogP contribution in [0.15, 0.2) is 35.4 Å². The molecule has 0 N–H and O–H groups in total. The number of hydrogen-bond donors (Lipinski definition) is 0. The Morgan fingerprint density at radius 3 is 2.62 bits per heavy atom. The van der Waals surface area contributed by atoms with Crippen molar-refractivity contribution in [1.82, 2.24) is 14.8 Å². The summed E-state index contributed by atoms with van der Waals surface area (Å²) < 4.78 is 1.34. The van der Waals surface area contributed by atoms with E-state index >= 15 is 0 Å². The van der Waals surface area contributed by atoms with Crippen LogP contribution >= 0.6 is 11.6 Å². The third-order valence-electron chi connectivity index (χ3n) is 1.89. The largest absolute Gasteiger partial charge is 0.309 e. The van der Waals surface area contributed by atoms with E-state index in [1.54, 1.807) is 30.3 Å². The van der Waals surface area contributed by atoms with Crippen LogP contribution in [-0.4, -0.2) is 14.8 Å². The predicted molar refractivity (Wildman–Crippen MR) is 57.4 cm³/mol. The molecule has 0 atom stereocenters. The van der Waals surface area contributed by atoms with Gasteiger partial charge in [-0.3, -0.25) is 4.79 Å². The van der Waals surface area contributed by atoms with E-state index in [0.717, 1.165) is 0 Å². The topological polar surface area (TPSA) is 71.6 Å². The molecule has 2 rings (SSSR count). The molecule has 1 aromatic heterocycles. The Hall–Kier alpha value is -2.19. The summed E-state index contributed by atoms with van der Waals surface area (Å²) in [5, 5.41) is 13.1. The van der Waals surface area contributed by atoms with Gasteiger partial charge in [0, 0.05) is 5.02 Å². The molecule has 1 aromatic carbocycles. The van der Waals surface area contributed by atoms with Crippen molar-refractivity contribution < 1.29 is 0 Å². The van der Waals surface area contributed by atoms with Crippen molar-refractivity contribution in [3.63, 3.8) is 0 Å². The molecule has 0 aliphatic rings. The number of nitrogens with zero attached hydrogens (tertiary/aromatic N) is 4. The number of rotatable bonds is 1. The maximum atomic E-state index is 11.1. The minimum Gasteiger partial charge on any atom is -0.264 e. The van der Waals surface area contributed by atoms with Crippen LogP contribution in [0.5, 0.6) is 0 Å². The molecule has 5 nitrogen and oxygen atoms in total. The van der Waals surface area contributed by atoms with Gasteiger partial charge in [0.05, 0.1) is 5.69 Å². The molecule has 16 heavy (non-hydrogen) atoms. The summed E-state index contributed by atoms with van der Waals surface area (Å²) in [4.78, 5) is 14.6. The first-order valence-corrected chi connectivity index (χ1v) is 4.70. The van der Waals surface area contributed by atoms with E-state index in [2.05, 4.69) is 10.1 Å². The average molecular weight is 233 g/mol. The van der Waals surface area contributed by atoms with Crippen LogP contribution in [0.1, 0.15) is 5.69 Å². The van der Waals surface area contributed by atoms with Gasteiger partial charge in [0.2, 0.25) is 5.69 Å². The van der Waals surface area contributed by atoms with Gasteiger partial charge in [-0.25, -0.2) is 4.68 Å². The van der Waals surface area contributed by atoms with Crippen LogP contribution in [0, 0.1) is 11.3 Å². The molecule has 78 valence electrons. The fourth-order valence-electron chi connectivity index (χ4n) is 1.13. The summed E-state index contributed by atoms with van der Waals surface area (Å²) in [5.41, 5.74) is -0.196. The molecule has 0 saturated carbocycles. The molecule has 0 fully saturated rings. The zero-order valence-electron chi connectivity index (χ0n) is 7.96. The summed E-state index contributed by atoms with van der Waals surface area (Å²) in [6.45, 7) is 0. The second-order valence-corrected chi connectivity index (χ2v) is 3.37. The van der Waals surface area contributed by atoms with Crippen molar-refractivity contribution in [2.24, 2.45) is 0 Å². The second kappa shape index (κ2) is 4.13. The van der Waals surface area contributed by atoms with Crippen molar-refractivity contribution in [2.45, 2.75) is 0 Å². The van der Waals surface area contributed by atoms with E-state index in [-0.39, 0.29) is 5.69 Å². The van der Waals surface area contributed by atoms with Crippen LogP contribution in [0.4, 0.5) is 0 Å². The van der Waals surface area contributed by atoms with Gasteiger partial charge in [-0.2, -0.15) is 10.2 Å². The van der Waals surface area contributed by atoms with Crippen molar-refractivity contribution in [1.29, 1.82) is 5.26 Å². The lowest BCUT2D eigenvalue weighted by atomic mass is 10.3. The van der Waals surface area contributed by atoms with E-state index in [9.17, 15) is 4.79 Å². The molecular formula is C10H5ClN4O. The standard InChI is InChI=1S/C10H5ClN4O/c11-7-1-3-8(4-2-7)15-6-13-10(16)9(5-12)14-15/h1-4,6H. The first-order valence-electron chi connectivity index (χ1n) is 4.33. The number of hydrogen-bond acceptors (Lipinski definition) is 4. The van der Waals surface area contributed by atoms with Crippen LogP contribution in [0.2, 0.25) is 5.02 Å². The first kappa shape index (κ1) is 10.3. The molecule has 0 bridgehead atoms. The summed E-state index contributed by atoms with van der Waals surface area (Å²) in [6, 6.07) is 8.47. The lowest BCUT2D eigenvalue weighted by Crippen LogP contribution is -2.17. The van der Waals surface area contributed by atoms with E-state index in [4.69, 9.17) is 16.9 Å². The predicted octanol–water partition coefficient (Wildman–Crippen LogP) is 1.15. The third-order valence-corrected chi connectivity index (χ3v) is 2.14. The van der Waals surface area contributed by atoms with Gasteiger partial charge in [0.25, 0.3) is 0 Å². The number of halogens is 1. The highest BCUT2D eigenvalue weighted by Gasteiger charge is 2.03. The highest BCUT2D eigenvalue weighted by atomic mass is 35.5. The van der Waals surface area contributed by atoms with E-state index in [1.807, 2.05) is 0 Å². The lowest BCUT2D eigenvalue weighted by molar-refractivity contribution is 0.783. The maximum Gasteiger partial charge on any atom is 0.309 e. The Bertz CT molecular complexity index is 612. The SMILES string of the molecule is N#Cc1nn(-c2ccc(Cl)cc2)cnc1=O. The van der Waals surface area contributed by atoms with Crippen molar-refractivity contribution >= 4 is 11.6 Å². The van der Waals surface area contributed by atoms with Crippen molar-refractivity contribution in [2.75, 3.05) is 0 Å². The zero-order valence-corrected chi connectivity index (χ0v) is 8.72. The average Bonchev–Trinajstić information content (AvgIpc) is 2.31. The van der Waals surface area contributed by atoms with Crippen LogP contribution in [0.3, 0.4) is 0 Å². The molecule has 0 amide bonds. The quantitative estimate of drug-likeness (QED) is 0.740. The maximum absolute atomic E-state index is 11.1. The Labute approximate surface area is 95.5 Å². The Balaban J connectivity index is 2.53. The number of nitriles is 1. The van der Waals surface area contributed by atoms with Gasteiger partial charge in [0.1, 0.15) is 12.4 Å². The van der Waals surface area contributed by atoms with E-state index in [1.165, 1.54) is 11.0 Å². The Morgan fingerprint density at radius 2 is 2.00 bits per heavy atom. The molecule has 0 unspecified atom stereocenters. The molecule has 6 heteroatoms. The smallest absolute Gasteiger partial charge is 0.264 e. The van der Waals surface area contributed by atoms with Crippen LogP contribution in [0.25, 0.3) is 5.69 Å². The summed E-state index contributed by atoms with van der Waals surface area (Å²) >= 11 is 5.74. The minimum absolute atomic E-state index is 0.238. The van der Waals surface area contributed by atoms with Gasteiger partial charge in [-0.05, 0) is 24.3 Å². The molecule has 0 saturated heterocycles. The monoisotopic (exact) mass is 232 g/mol. The highest BCUT2D eigenvalue weighted by Crippen LogP contribution is 2.11. The Morgan fingerprint density at radius 1 is 1.31 bits per heavy atom. The molecule has 1 heterocycles.